The van der Waals surface area contributed by atoms with E-state index < -0.39 is 5.91 Å². The van der Waals surface area contributed by atoms with E-state index >= 15 is 0 Å². The van der Waals surface area contributed by atoms with E-state index in [0.29, 0.717) is 15.6 Å². The molecule has 0 unspecified atom stereocenters. The first-order chi connectivity index (χ1) is 16.3. The molecule has 0 saturated carbocycles. The lowest BCUT2D eigenvalue weighted by molar-refractivity contribution is 0.0998. The quantitative estimate of drug-likeness (QED) is 0.313. The van der Waals surface area contributed by atoms with E-state index in [-0.39, 0.29) is 6.10 Å². The highest BCUT2D eigenvalue weighted by Gasteiger charge is 2.21. The van der Waals surface area contributed by atoms with Crippen LogP contribution in [0.3, 0.4) is 0 Å². The highest BCUT2D eigenvalue weighted by atomic mass is 35.5. The Balaban J connectivity index is 1.61. The number of thiophene rings is 1. The summed E-state index contributed by atoms with van der Waals surface area (Å²) < 4.78 is 8.18. The number of carbonyl (C=O) groups excluding carboxylic acids is 1. The van der Waals surface area contributed by atoms with Gasteiger partial charge >= 0.3 is 0 Å². The van der Waals surface area contributed by atoms with Gasteiger partial charge in [-0.25, -0.2) is 4.98 Å². The van der Waals surface area contributed by atoms with E-state index in [0.717, 1.165) is 47.0 Å². The second-order valence-electron chi connectivity index (χ2n) is 8.34. The minimum atomic E-state index is -0.530. The number of aromatic nitrogens is 2. The van der Waals surface area contributed by atoms with Crippen LogP contribution in [0.2, 0.25) is 5.02 Å². The Labute approximate surface area is 208 Å². The molecule has 0 aliphatic carbocycles. The van der Waals surface area contributed by atoms with Gasteiger partial charge < -0.3 is 20.7 Å². The molecule has 0 bridgehead atoms. The van der Waals surface area contributed by atoms with Crippen molar-refractivity contribution in [2.24, 2.45) is 5.73 Å². The van der Waals surface area contributed by atoms with Gasteiger partial charge in [0.1, 0.15) is 22.4 Å². The van der Waals surface area contributed by atoms with Crippen LogP contribution in [0.15, 0.2) is 54.9 Å². The number of pyridine rings is 1. The average molecular weight is 498 g/mol. The number of hydrogen-bond acceptors (Lipinski definition) is 6. The summed E-state index contributed by atoms with van der Waals surface area (Å²) in [7, 11) is 4.11. The Morgan fingerprint density at radius 3 is 2.82 bits per heavy atom. The number of amides is 1. The van der Waals surface area contributed by atoms with Crippen molar-refractivity contribution in [3.63, 3.8) is 0 Å². The van der Waals surface area contributed by atoms with Gasteiger partial charge in [0.25, 0.3) is 5.91 Å². The van der Waals surface area contributed by atoms with Gasteiger partial charge in [0.05, 0.1) is 16.8 Å². The number of hydrogen-bond donors (Lipinski definition) is 2. The number of nitrogens with zero attached hydrogens (tertiary/aromatic N) is 3. The highest BCUT2D eigenvalue weighted by molar-refractivity contribution is 7.17. The minimum absolute atomic E-state index is 0.351. The molecule has 0 spiro atoms. The SMILES string of the molecule is C[C@@H](Oc1cc(-c2cnc3ccc(CNCCN(C)C)cn23)sc1C(N)=O)c1ccccc1Cl. The molecule has 34 heavy (non-hydrogen) atoms. The molecule has 4 rings (SSSR count). The Bertz CT molecular complexity index is 1300. The summed E-state index contributed by atoms with van der Waals surface area (Å²) in [5.74, 6) is -0.0893. The van der Waals surface area contributed by atoms with Crippen molar-refractivity contribution < 1.29 is 9.53 Å². The van der Waals surface area contributed by atoms with Crippen LogP contribution >= 0.6 is 22.9 Å². The molecule has 0 fully saturated rings. The van der Waals surface area contributed by atoms with Crippen molar-refractivity contribution in [1.82, 2.24) is 19.6 Å². The molecule has 0 radical (unpaired) electrons. The molecule has 0 aliphatic heterocycles. The standard InChI is InChI=1S/C25H28ClN5O2S/c1-16(18-6-4-5-7-19(18)26)33-21-12-22(34-24(21)25(27)32)20-14-29-23-9-8-17(15-31(20)23)13-28-10-11-30(2)3/h4-9,12,14-16,28H,10-11,13H2,1-3H3,(H2,27,32)/t16-/m1/s1. The van der Waals surface area contributed by atoms with E-state index in [2.05, 4.69) is 41.6 Å². The molecule has 7 nitrogen and oxygen atoms in total. The first-order valence-corrected chi connectivity index (χ1v) is 12.2. The summed E-state index contributed by atoms with van der Waals surface area (Å²) in [6.45, 7) is 4.52. The number of nitrogens with two attached hydrogens (primary N) is 1. The molecule has 9 heteroatoms. The molecular formula is C25H28ClN5O2S. The van der Waals surface area contributed by atoms with Crippen LogP contribution in [0.4, 0.5) is 0 Å². The average Bonchev–Trinajstić information content (AvgIpc) is 3.40. The second-order valence-corrected chi connectivity index (χ2v) is 9.80. The molecule has 1 atom stereocenters. The van der Waals surface area contributed by atoms with Crippen LogP contribution < -0.4 is 15.8 Å². The normalized spacial score (nSPS) is 12.4. The summed E-state index contributed by atoms with van der Waals surface area (Å²) in [5, 5.41) is 4.06. The number of carbonyl (C=O) groups is 1. The third kappa shape index (κ3) is 5.42. The van der Waals surface area contributed by atoms with Gasteiger partial charge in [0.15, 0.2) is 0 Å². The van der Waals surface area contributed by atoms with Crippen LogP contribution in [-0.2, 0) is 6.54 Å². The van der Waals surface area contributed by atoms with Gasteiger partial charge in [-0.1, -0.05) is 35.9 Å². The maximum absolute atomic E-state index is 12.2. The summed E-state index contributed by atoms with van der Waals surface area (Å²) in [5.41, 5.74) is 9.36. The smallest absolute Gasteiger partial charge is 0.262 e. The number of primary amides is 1. The van der Waals surface area contributed by atoms with Crippen molar-refractivity contribution in [2.75, 3.05) is 27.2 Å². The van der Waals surface area contributed by atoms with E-state index in [9.17, 15) is 4.79 Å². The topological polar surface area (TPSA) is 84.9 Å². The van der Waals surface area contributed by atoms with E-state index in [1.165, 1.54) is 11.3 Å². The largest absolute Gasteiger partial charge is 0.484 e. The molecule has 0 aliphatic rings. The zero-order chi connectivity index (χ0) is 24.2. The number of ether oxygens (including phenoxy) is 1. The second kappa shape index (κ2) is 10.6. The number of likely N-dealkylation sites (N-methyl/N-ethyl adjacent to an activating group) is 1. The van der Waals surface area contributed by atoms with E-state index in [4.69, 9.17) is 22.1 Å². The highest BCUT2D eigenvalue weighted by Crippen LogP contribution is 2.39. The van der Waals surface area contributed by atoms with Crippen LogP contribution in [0, 0.1) is 0 Å². The molecule has 0 saturated heterocycles. The lowest BCUT2D eigenvalue weighted by Crippen LogP contribution is -2.26. The van der Waals surface area contributed by atoms with Gasteiger partial charge in [0, 0.05) is 42.5 Å². The van der Waals surface area contributed by atoms with Crippen molar-refractivity contribution in [3.8, 4) is 16.3 Å². The van der Waals surface area contributed by atoms with Gasteiger partial charge in [-0.15, -0.1) is 11.3 Å². The number of benzene rings is 1. The first-order valence-electron chi connectivity index (χ1n) is 11.0. The maximum atomic E-state index is 12.2. The fourth-order valence-corrected chi connectivity index (χ4v) is 4.90. The van der Waals surface area contributed by atoms with Crippen LogP contribution in [0.25, 0.3) is 16.2 Å². The number of imidazole rings is 1. The summed E-state index contributed by atoms with van der Waals surface area (Å²) in [6, 6.07) is 13.4. The molecule has 1 aromatic carbocycles. The van der Waals surface area contributed by atoms with E-state index in [1.54, 1.807) is 6.20 Å². The number of rotatable bonds is 10. The van der Waals surface area contributed by atoms with Gasteiger partial charge in [0.2, 0.25) is 0 Å². The van der Waals surface area contributed by atoms with Gasteiger partial charge in [-0.2, -0.15) is 0 Å². The molecule has 178 valence electrons. The molecule has 1 amide bonds. The Hall–Kier alpha value is -2.91. The van der Waals surface area contributed by atoms with Crippen molar-refractivity contribution in [3.05, 3.63) is 75.9 Å². The number of halogens is 1. The third-order valence-electron chi connectivity index (χ3n) is 5.45. The van der Waals surface area contributed by atoms with Crippen molar-refractivity contribution >= 4 is 34.5 Å². The number of nitrogens with one attached hydrogen (secondary N) is 1. The lowest BCUT2D eigenvalue weighted by Gasteiger charge is -2.16. The molecule has 3 heterocycles. The fourth-order valence-electron chi connectivity index (χ4n) is 3.67. The molecule has 4 aromatic rings. The molecule has 3 N–H and O–H groups in total. The van der Waals surface area contributed by atoms with Crippen LogP contribution in [-0.4, -0.2) is 47.4 Å². The Morgan fingerprint density at radius 1 is 1.29 bits per heavy atom. The molecule has 3 aromatic heterocycles. The Kier molecular flexibility index (Phi) is 7.53. The number of fused-ring (bicyclic) bond motifs is 1. The Morgan fingerprint density at radius 2 is 2.09 bits per heavy atom. The van der Waals surface area contributed by atoms with Crippen LogP contribution in [0.1, 0.15) is 33.8 Å². The first kappa shape index (κ1) is 24.2. The predicted molar refractivity (Wildman–Crippen MR) is 138 cm³/mol. The summed E-state index contributed by atoms with van der Waals surface area (Å²) >= 11 is 7.62. The molecular weight excluding hydrogens is 470 g/mol. The summed E-state index contributed by atoms with van der Waals surface area (Å²) in [4.78, 5) is 20.1. The lowest BCUT2D eigenvalue weighted by atomic mass is 10.1. The minimum Gasteiger partial charge on any atom is -0.484 e. The third-order valence-corrected chi connectivity index (χ3v) is 6.95. The zero-order valence-electron chi connectivity index (χ0n) is 19.4. The van der Waals surface area contributed by atoms with Crippen molar-refractivity contribution in [1.29, 1.82) is 0 Å². The predicted octanol–water partition coefficient (Wildman–Crippen LogP) is 4.61. The summed E-state index contributed by atoms with van der Waals surface area (Å²) in [6.07, 6.45) is 3.52. The van der Waals surface area contributed by atoms with Crippen molar-refractivity contribution in [2.45, 2.75) is 19.6 Å². The maximum Gasteiger partial charge on any atom is 0.262 e. The zero-order valence-corrected chi connectivity index (χ0v) is 21.0. The van der Waals surface area contributed by atoms with Gasteiger partial charge in [-0.3, -0.25) is 9.20 Å². The van der Waals surface area contributed by atoms with Gasteiger partial charge in [-0.05, 0) is 38.7 Å². The van der Waals surface area contributed by atoms with E-state index in [1.807, 2.05) is 47.7 Å². The monoisotopic (exact) mass is 497 g/mol. The van der Waals surface area contributed by atoms with Crippen LogP contribution in [0.5, 0.6) is 5.75 Å². The fraction of sp³-hybridized carbons (Fsp3) is 0.280.